The summed E-state index contributed by atoms with van der Waals surface area (Å²) in [4.78, 5) is 20.7. The van der Waals surface area contributed by atoms with E-state index in [0.29, 0.717) is 6.54 Å². The van der Waals surface area contributed by atoms with Gasteiger partial charge in [0.25, 0.3) is 0 Å². The molecule has 1 aromatic rings. The van der Waals surface area contributed by atoms with Crippen LogP contribution in [0.1, 0.15) is 19.7 Å². The highest BCUT2D eigenvalue weighted by Gasteiger charge is 2.18. The van der Waals surface area contributed by atoms with E-state index in [9.17, 15) is 4.79 Å². The number of amides is 1. The van der Waals surface area contributed by atoms with Crippen molar-refractivity contribution in [2.24, 2.45) is 0 Å². The first kappa shape index (κ1) is 16.0. The van der Waals surface area contributed by atoms with Gasteiger partial charge < -0.3 is 9.88 Å². The predicted molar refractivity (Wildman–Crippen MR) is 83.1 cm³/mol. The summed E-state index contributed by atoms with van der Waals surface area (Å²) in [5.41, 5.74) is 0. The molecule has 6 heteroatoms. The highest BCUT2D eigenvalue weighted by molar-refractivity contribution is 5.78. The van der Waals surface area contributed by atoms with Crippen molar-refractivity contribution in [3.8, 4) is 0 Å². The van der Waals surface area contributed by atoms with Gasteiger partial charge >= 0.3 is 0 Å². The van der Waals surface area contributed by atoms with Crippen LogP contribution in [0.2, 0.25) is 0 Å². The molecule has 0 aliphatic carbocycles. The lowest BCUT2D eigenvalue weighted by atomic mass is 10.3. The van der Waals surface area contributed by atoms with Gasteiger partial charge in [0.15, 0.2) is 0 Å². The van der Waals surface area contributed by atoms with E-state index in [4.69, 9.17) is 0 Å². The number of aromatic nitrogens is 2. The van der Waals surface area contributed by atoms with Gasteiger partial charge in [0.1, 0.15) is 5.82 Å². The second-order valence-electron chi connectivity index (χ2n) is 6.01. The Hall–Kier alpha value is -1.40. The van der Waals surface area contributed by atoms with Crippen LogP contribution in [0.5, 0.6) is 0 Å². The quantitative estimate of drug-likeness (QED) is 0.821. The van der Waals surface area contributed by atoms with Crippen LogP contribution >= 0.6 is 0 Å². The third-order valence-electron chi connectivity index (χ3n) is 3.86. The van der Waals surface area contributed by atoms with Crippen LogP contribution in [0.4, 0.5) is 0 Å². The number of rotatable bonds is 6. The van der Waals surface area contributed by atoms with Crippen molar-refractivity contribution in [1.82, 2.24) is 24.7 Å². The van der Waals surface area contributed by atoms with Crippen LogP contribution in [0, 0.1) is 6.92 Å². The van der Waals surface area contributed by atoms with E-state index in [2.05, 4.69) is 24.7 Å². The lowest BCUT2D eigenvalue weighted by molar-refractivity contribution is -0.123. The summed E-state index contributed by atoms with van der Waals surface area (Å²) >= 11 is 0. The molecule has 1 aliphatic heterocycles. The Balaban J connectivity index is 1.66. The number of carbonyl (C=O) groups is 1. The van der Waals surface area contributed by atoms with E-state index < -0.39 is 0 Å². The number of aryl methyl sites for hydroxylation is 1. The number of hydrogen-bond donors (Lipinski definition) is 1. The number of carbonyl (C=O) groups excluding carboxylic acids is 1. The first-order valence-electron chi connectivity index (χ1n) is 7.76. The second kappa shape index (κ2) is 7.56. The van der Waals surface area contributed by atoms with Gasteiger partial charge in [0.2, 0.25) is 5.91 Å². The van der Waals surface area contributed by atoms with Crippen LogP contribution in [0.25, 0.3) is 0 Å². The molecular formula is C15H27N5O. The van der Waals surface area contributed by atoms with Gasteiger partial charge in [0.05, 0.1) is 6.54 Å². The van der Waals surface area contributed by atoms with Gasteiger partial charge in [-0.05, 0) is 20.8 Å². The Bertz CT molecular complexity index is 449. The van der Waals surface area contributed by atoms with E-state index in [1.165, 1.54) is 0 Å². The number of nitrogens with zero attached hydrogens (tertiary/aromatic N) is 4. The van der Waals surface area contributed by atoms with Crippen molar-refractivity contribution < 1.29 is 4.79 Å². The van der Waals surface area contributed by atoms with Crippen LogP contribution < -0.4 is 5.32 Å². The topological polar surface area (TPSA) is 53.4 Å². The molecule has 21 heavy (non-hydrogen) atoms. The van der Waals surface area contributed by atoms with Gasteiger partial charge in [-0.25, -0.2) is 4.98 Å². The Kier molecular flexibility index (Phi) is 5.76. The predicted octanol–water partition coefficient (Wildman–Crippen LogP) is 0.334. The molecule has 1 fully saturated rings. The van der Waals surface area contributed by atoms with Crippen LogP contribution in [0.15, 0.2) is 12.4 Å². The molecule has 0 bridgehead atoms. The summed E-state index contributed by atoms with van der Waals surface area (Å²) in [7, 11) is 0. The molecular weight excluding hydrogens is 266 g/mol. The summed E-state index contributed by atoms with van der Waals surface area (Å²) in [5, 5.41) is 2.95. The summed E-state index contributed by atoms with van der Waals surface area (Å²) in [5.74, 6) is 1.20. The Labute approximate surface area is 127 Å². The van der Waals surface area contributed by atoms with Gasteiger partial charge in [-0.15, -0.1) is 0 Å². The van der Waals surface area contributed by atoms with Crippen molar-refractivity contribution in [3.05, 3.63) is 18.2 Å². The number of piperazine rings is 1. The summed E-state index contributed by atoms with van der Waals surface area (Å²) in [6, 6.07) is 0.220. The van der Waals surface area contributed by atoms with E-state index in [1.54, 1.807) is 0 Å². The first-order valence-corrected chi connectivity index (χ1v) is 7.76. The standard InChI is InChI=1S/C15H27N5O/c1-13(2)17-15(21)12-19-8-6-18(7-9-19)10-11-20-5-4-16-14(20)3/h4-5,13H,6-12H2,1-3H3,(H,17,21). The Morgan fingerprint density at radius 1 is 1.24 bits per heavy atom. The van der Waals surface area contributed by atoms with Crippen molar-refractivity contribution in [1.29, 1.82) is 0 Å². The highest BCUT2D eigenvalue weighted by Crippen LogP contribution is 2.03. The van der Waals surface area contributed by atoms with Gasteiger partial charge in [0, 0.05) is 57.7 Å². The van der Waals surface area contributed by atoms with E-state index >= 15 is 0 Å². The molecule has 1 saturated heterocycles. The van der Waals surface area contributed by atoms with Crippen LogP contribution in [-0.2, 0) is 11.3 Å². The fourth-order valence-corrected chi connectivity index (χ4v) is 2.63. The zero-order valence-electron chi connectivity index (χ0n) is 13.4. The van der Waals surface area contributed by atoms with Crippen molar-refractivity contribution in [2.45, 2.75) is 33.4 Å². The summed E-state index contributed by atoms with van der Waals surface area (Å²) in [6.07, 6.45) is 3.88. The van der Waals surface area contributed by atoms with Crippen molar-refractivity contribution >= 4 is 5.91 Å². The van der Waals surface area contributed by atoms with Crippen molar-refractivity contribution in [2.75, 3.05) is 39.3 Å². The molecule has 1 N–H and O–H groups in total. The van der Waals surface area contributed by atoms with Crippen LogP contribution in [-0.4, -0.2) is 70.6 Å². The fraction of sp³-hybridized carbons (Fsp3) is 0.733. The van der Waals surface area contributed by atoms with Crippen LogP contribution in [0.3, 0.4) is 0 Å². The van der Waals surface area contributed by atoms with E-state index in [-0.39, 0.29) is 11.9 Å². The van der Waals surface area contributed by atoms with E-state index in [0.717, 1.165) is 45.1 Å². The molecule has 0 aromatic carbocycles. The minimum Gasteiger partial charge on any atom is -0.353 e. The highest BCUT2D eigenvalue weighted by atomic mass is 16.2. The Morgan fingerprint density at radius 3 is 2.48 bits per heavy atom. The molecule has 6 nitrogen and oxygen atoms in total. The monoisotopic (exact) mass is 293 g/mol. The number of imidazole rings is 1. The molecule has 1 amide bonds. The average molecular weight is 293 g/mol. The summed E-state index contributed by atoms with van der Waals surface area (Å²) in [6.45, 7) is 12.6. The molecule has 1 aliphatic rings. The first-order chi connectivity index (χ1) is 10.0. The minimum absolute atomic E-state index is 0.132. The smallest absolute Gasteiger partial charge is 0.234 e. The lowest BCUT2D eigenvalue weighted by Gasteiger charge is -2.34. The maximum Gasteiger partial charge on any atom is 0.234 e. The maximum absolute atomic E-state index is 11.7. The molecule has 0 spiro atoms. The Morgan fingerprint density at radius 2 is 1.90 bits per heavy atom. The molecule has 1 aromatic heterocycles. The molecule has 0 atom stereocenters. The molecule has 2 heterocycles. The molecule has 0 saturated carbocycles. The fourth-order valence-electron chi connectivity index (χ4n) is 2.63. The third-order valence-corrected chi connectivity index (χ3v) is 3.86. The molecule has 0 radical (unpaired) electrons. The SMILES string of the molecule is Cc1nccn1CCN1CCN(CC(=O)NC(C)C)CC1. The van der Waals surface area contributed by atoms with Gasteiger partial charge in [-0.2, -0.15) is 0 Å². The largest absolute Gasteiger partial charge is 0.353 e. The number of nitrogens with one attached hydrogen (secondary N) is 1. The molecule has 0 unspecified atom stereocenters. The van der Waals surface area contributed by atoms with Gasteiger partial charge in [-0.3, -0.25) is 14.6 Å². The zero-order valence-corrected chi connectivity index (χ0v) is 13.4. The zero-order chi connectivity index (χ0) is 15.2. The normalized spacial score (nSPS) is 17.3. The third kappa shape index (κ3) is 5.13. The maximum atomic E-state index is 11.7. The lowest BCUT2D eigenvalue weighted by Crippen LogP contribution is -2.50. The average Bonchev–Trinajstić information content (AvgIpc) is 2.82. The van der Waals surface area contributed by atoms with E-state index in [1.807, 2.05) is 33.2 Å². The van der Waals surface area contributed by atoms with Crippen molar-refractivity contribution in [3.63, 3.8) is 0 Å². The molecule has 118 valence electrons. The van der Waals surface area contributed by atoms with Gasteiger partial charge in [-0.1, -0.05) is 0 Å². The minimum atomic E-state index is 0.132. The number of hydrogen-bond acceptors (Lipinski definition) is 4. The summed E-state index contributed by atoms with van der Waals surface area (Å²) < 4.78 is 2.18. The molecule has 2 rings (SSSR count). The second-order valence-corrected chi connectivity index (χ2v) is 6.01.